The molecule has 13 heavy (non-hydrogen) atoms. The number of carbonyl (C=O) groups is 1. The molecule has 1 saturated carbocycles. The highest BCUT2D eigenvalue weighted by atomic mass is 32.2. The molecule has 4 nitrogen and oxygen atoms in total. The summed E-state index contributed by atoms with van der Waals surface area (Å²) in [5.41, 5.74) is -0.530. The van der Waals surface area contributed by atoms with E-state index in [2.05, 4.69) is 4.72 Å². The standard InChI is InChI=1S/C8H15NO3S/c1-8(2,3)12-7(10)9-13(11)6-4-5-6/h6H,4-5H2,1-3H3,(H,9,10). The lowest BCUT2D eigenvalue weighted by Gasteiger charge is -2.19. The van der Waals surface area contributed by atoms with Crippen molar-refractivity contribution in [3.63, 3.8) is 0 Å². The minimum absolute atomic E-state index is 0.146. The largest absolute Gasteiger partial charge is 0.443 e. The van der Waals surface area contributed by atoms with E-state index in [0.29, 0.717) is 0 Å². The summed E-state index contributed by atoms with van der Waals surface area (Å²) in [6.07, 6.45) is 1.27. The Kier molecular flexibility index (Phi) is 2.95. The van der Waals surface area contributed by atoms with Crippen LogP contribution in [0, 0.1) is 0 Å². The van der Waals surface area contributed by atoms with Crippen molar-refractivity contribution in [2.75, 3.05) is 0 Å². The summed E-state index contributed by atoms with van der Waals surface area (Å²) in [4.78, 5) is 11.1. The number of hydrogen-bond acceptors (Lipinski definition) is 3. The first-order valence-electron chi connectivity index (χ1n) is 4.29. The Bertz CT molecular complexity index is 230. The molecule has 1 aliphatic rings. The van der Waals surface area contributed by atoms with Gasteiger partial charge in [0.05, 0.1) is 5.25 Å². The van der Waals surface area contributed by atoms with Crippen molar-refractivity contribution in [2.24, 2.45) is 0 Å². The topological polar surface area (TPSA) is 55.4 Å². The highest BCUT2D eigenvalue weighted by Crippen LogP contribution is 2.24. The molecule has 0 radical (unpaired) electrons. The second-order valence-electron chi connectivity index (χ2n) is 4.10. The Morgan fingerprint density at radius 2 is 2.00 bits per heavy atom. The summed E-state index contributed by atoms with van der Waals surface area (Å²) in [6.45, 7) is 5.31. The first-order valence-corrected chi connectivity index (χ1v) is 5.50. The Morgan fingerprint density at radius 1 is 1.46 bits per heavy atom. The molecule has 0 aromatic carbocycles. The zero-order valence-corrected chi connectivity index (χ0v) is 8.94. The monoisotopic (exact) mass is 205 g/mol. The highest BCUT2D eigenvalue weighted by Gasteiger charge is 2.30. The molecular weight excluding hydrogens is 190 g/mol. The van der Waals surface area contributed by atoms with E-state index in [4.69, 9.17) is 4.74 Å². The second-order valence-corrected chi connectivity index (χ2v) is 5.57. The van der Waals surface area contributed by atoms with Gasteiger partial charge in [0.15, 0.2) is 0 Å². The molecule has 1 fully saturated rings. The summed E-state index contributed by atoms with van der Waals surface area (Å²) >= 11 is 0. The van der Waals surface area contributed by atoms with Crippen LogP contribution in [0.2, 0.25) is 0 Å². The summed E-state index contributed by atoms with van der Waals surface area (Å²) in [5.74, 6) is 0. The van der Waals surface area contributed by atoms with Gasteiger partial charge < -0.3 is 4.74 Å². The number of ether oxygens (including phenoxy) is 1. The van der Waals surface area contributed by atoms with Gasteiger partial charge in [0.2, 0.25) is 0 Å². The van der Waals surface area contributed by atoms with Crippen LogP contribution in [-0.4, -0.2) is 21.2 Å². The minimum Gasteiger partial charge on any atom is -0.443 e. The average Bonchev–Trinajstić information content (AvgIpc) is 2.60. The molecule has 1 N–H and O–H groups in total. The molecule has 76 valence electrons. The van der Waals surface area contributed by atoms with Crippen LogP contribution in [0.5, 0.6) is 0 Å². The van der Waals surface area contributed by atoms with E-state index in [1.807, 2.05) is 0 Å². The minimum atomic E-state index is -1.25. The lowest BCUT2D eigenvalue weighted by atomic mass is 10.2. The fraction of sp³-hybridized carbons (Fsp3) is 0.875. The molecule has 0 aromatic rings. The van der Waals surface area contributed by atoms with Gasteiger partial charge in [-0.1, -0.05) is 0 Å². The van der Waals surface area contributed by atoms with Gasteiger partial charge in [0.25, 0.3) is 0 Å². The summed E-state index contributed by atoms with van der Waals surface area (Å²) in [7, 11) is -1.25. The first-order chi connectivity index (χ1) is 5.88. The van der Waals surface area contributed by atoms with Crippen LogP contribution in [0.15, 0.2) is 0 Å². The van der Waals surface area contributed by atoms with Gasteiger partial charge in [0, 0.05) is 0 Å². The van der Waals surface area contributed by atoms with Crippen LogP contribution < -0.4 is 4.72 Å². The van der Waals surface area contributed by atoms with Crippen LogP contribution in [0.4, 0.5) is 4.79 Å². The molecule has 5 heteroatoms. The molecule has 0 spiro atoms. The molecule has 0 saturated heterocycles. The molecule has 0 aliphatic heterocycles. The van der Waals surface area contributed by atoms with Crippen LogP contribution in [0.1, 0.15) is 33.6 Å². The fourth-order valence-electron chi connectivity index (χ4n) is 0.747. The quantitative estimate of drug-likeness (QED) is 0.740. The molecule has 1 unspecified atom stereocenters. The van der Waals surface area contributed by atoms with Crippen molar-refractivity contribution in [1.29, 1.82) is 0 Å². The normalized spacial score (nSPS) is 19.3. The van der Waals surface area contributed by atoms with Gasteiger partial charge in [-0.15, -0.1) is 0 Å². The van der Waals surface area contributed by atoms with Crippen molar-refractivity contribution < 1.29 is 13.7 Å². The van der Waals surface area contributed by atoms with Crippen molar-refractivity contribution in [3.8, 4) is 0 Å². The van der Waals surface area contributed by atoms with Crippen LogP contribution in [-0.2, 0) is 15.7 Å². The zero-order valence-electron chi connectivity index (χ0n) is 8.12. The third kappa shape index (κ3) is 4.26. The molecule has 0 bridgehead atoms. The molecule has 1 rings (SSSR count). The maximum absolute atomic E-state index is 11.2. The summed E-state index contributed by atoms with van der Waals surface area (Å²) in [5, 5.41) is 0.146. The molecule has 0 aromatic heterocycles. The van der Waals surface area contributed by atoms with Gasteiger partial charge in [-0.3, -0.25) is 0 Å². The average molecular weight is 205 g/mol. The Hall–Kier alpha value is -0.580. The maximum atomic E-state index is 11.2. The Morgan fingerprint density at radius 3 is 2.38 bits per heavy atom. The Labute approximate surface area is 80.6 Å². The summed E-state index contributed by atoms with van der Waals surface area (Å²) < 4.78 is 18.5. The smallest absolute Gasteiger partial charge is 0.419 e. The van der Waals surface area contributed by atoms with Gasteiger partial charge in [-0.25, -0.2) is 13.7 Å². The lowest BCUT2D eigenvalue weighted by Crippen LogP contribution is -2.34. The van der Waals surface area contributed by atoms with E-state index in [-0.39, 0.29) is 5.25 Å². The van der Waals surface area contributed by atoms with E-state index < -0.39 is 22.7 Å². The van der Waals surface area contributed by atoms with Crippen LogP contribution in [0.3, 0.4) is 0 Å². The van der Waals surface area contributed by atoms with E-state index in [0.717, 1.165) is 12.8 Å². The van der Waals surface area contributed by atoms with E-state index in [1.165, 1.54) is 0 Å². The van der Waals surface area contributed by atoms with Gasteiger partial charge in [-0.2, -0.15) is 0 Å². The SMILES string of the molecule is CC(C)(C)OC(=O)NS(=O)C1CC1. The van der Waals surface area contributed by atoms with Crippen molar-refractivity contribution >= 4 is 17.1 Å². The van der Waals surface area contributed by atoms with Gasteiger partial charge >= 0.3 is 6.09 Å². The van der Waals surface area contributed by atoms with Crippen LogP contribution in [0.25, 0.3) is 0 Å². The highest BCUT2D eigenvalue weighted by molar-refractivity contribution is 7.84. The first kappa shape index (κ1) is 10.5. The molecular formula is C8H15NO3S. The molecule has 1 atom stereocenters. The number of nitrogens with one attached hydrogen (secondary N) is 1. The second kappa shape index (κ2) is 3.65. The molecule has 0 heterocycles. The van der Waals surface area contributed by atoms with Gasteiger partial charge in [-0.05, 0) is 33.6 Å². The number of hydrogen-bond donors (Lipinski definition) is 1. The lowest BCUT2D eigenvalue weighted by molar-refractivity contribution is 0.0572. The van der Waals surface area contributed by atoms with E-state index in [1.54, 1.807) is 20.8 Å². The molecule has 1 amide bonds. The Balaban J connectivity index is 2.28. The summed E-state index contributed by atoms with van der Waals surface area (Å²) in [6, 6.07) is 0. The van der Waals surface area contributed by atoms with Crippen molar-refractivity contribution in [2.45, 2.75) is 44.5 Å². The number of rotatable bonds is 2. The van der Waals surface area contributed by atoms with E-state index >= 15 is 0 Å². The fourth-order valence-corrected chi connectivity index (χ4v) is 1.68. The van der Waals surface area contributed by atoms with Crippen molar-refractivity contribution in [1.82, 2.24) is 4.72 Å². The van der Waals surface area contributed by atoms with Gasteiger partial charge in [0.1, 0.15) is 16.6 Å². The maximum Gasteiger partial charge on any atom is 0.419 e. The molecule has 1 aliphatic carbocycles. The number of carbonyl (C=O) groups excluding carboxylic acids is 1. The third-order valence-electron chi connectivity index (χ3n) is 1.41. The van der Waals surface area contributed by atoms with Crippen molar-refractivity contribution in [3.05, 3.63) is 0 Å². The zero-order chi connectivity index (χ0) is 10.1. The van der Waals surface area contributed by atoms with Crippen LogP contribution >= 0.6 is 0 Å². The number of amides is 1. The predicted molar refractivity (Wildman–Crippen MR) is 50.5 cm³/mol. The predicted octanol–water partition coefficient (Wildman–Crippen LogP) is 1.34. The van der Waals surface area contributed by atoms with E-state index in [9.17, 15) is 9.00 Å². The third-order valence-corrected chi connectivity index (χ3v) is 2.85.